The molecular weight excluding hydrogens is 288 g/mol. The second-order valence-electron chi connectivity index (χ2n) is 5.04. The van der Waals surface area contributed by atoms with Crippen LogP contribution in [0.1, 0.15) is 31.0 Å². The summed E-state index contributed by atoms with van der Waals surface area (Å²) in [6.45, 7) is 4.78. The molecular formula is C15H19ClN4O. The van der Waals surface area contributed by atoms with E-state index in [-0.39, 0.29) is 16.6 Å². The van der Waals surface area contributed by atoms with E-state index in [9.17, 15) is 4.79 Å². The van der Waals surface area contributed by atoms with Crippen molar-refractivity contribution in [1.82, 2.24) is 9.78 Å². The van der Waals surface area contributed by atoms with Crippen LogP contribution in [0.2, 0.25) is 5.02 Å². The number of aromatic nitrogens is 2. The summed E-state index contributed by atoms with van der Waals surface area (Å²) in [5, 5.41) is 7.43. The number of hydrogen-bond acceptors (Lipinski definition) is 4. The Balaban J connectivity index is 2.21. The molecule has 6 heteroatoms. The van der Waals surface area contributed by atoms with Gasteiger partial charge >= 0.3 is 0 Å². The second kappa shape index (κ2) is 6.74. The van der Waals surface area contributed by atoms with Crippen LogP contribution < -0.4 is 16.6 Å². The number of nitrogens with zero attached hydrogens (tertiary/aromatic N) is 2. The number of benzene rings is 1. The van der Waals surface area contributed by atoms with E-state index in [1.54, 1.807) is 6.20 Å². The van der Waals surface area contributed by atoms with E-state index in [1.807, 2.05) is 38.1 Å². The number of nitrogens with two attached hydrogens (primary N) is 1. The van der Waals surface area contributed by atoms with Gasteiger partial charge in [-0.05, 0) is 25.0 Å². The van der Waals surface area contributed by atoms with E-state index >= 15 is 0 Å². The van der Waals surface area contributed by atoms with E-state index in [4.69, 9.17) is 17.3 Å². The molecule has 0 aliphatic rings. The van der Waals surface area contributed by atoms with Gasteiger partial charge in [0.05, 0.1) is 17.9 Å². The van der Waals surface area contributed by atoms with Crippen LogP contribution in [0.4, 0.5) is 5.69 Å². The summed E-state index contributed by atoms with van der Waals surface area (Å²) in [5.74, 6) is 0. The Morgan fingerprint density at radius 3 is 2.62 bits per heavy atom. The van der Waals surface area contributed by atoms with Gasteiger partial charge in [-0.3, -0.25) is 4.79 Å². The maximum atomic E-state index is 12.1. The highest BCUT2D eigenvalue weighted by Gasteiger charge is 2.11. The summed E-state index contributed by atoms with van der Waals surface area (Å²) in [7, 11) is 0. The van der Waals surface area contributed by atoms with Crippen LogP contribution in [0.25, 0.3) is 0 Å². The Labute approximate surface area is 128 Å². The first-order chi connectivity index (χ1) is 10.0. The molecule has 0 aliphatic carbocycles. The highest BCUT2D eigenvalue weighted by molar-refractivity contribution is 6.32. The number of hydrogen-bond donors (Lipinski definition) is 2. The fraction of sp³-hybridized carbons (Fsp3) is 0.333. The van der Waals surface area contributed by atoms with Gasteiger partial charge in [0, 0.05) is 13.1 Å². The first kappa shape index (κ1) is 15.5. The molecule has 0 radical (unpaired) electrons. The second-order valence-corrected chi connectivity index (χ2v) is 5.42. The summed E-state index contributed by atoms with van der Waals surface area (Å²) in [6.07, 6.45) is 1.58. The molecule has 2 aromatic rings. The predicted octanol–water partition coefficient (Wildman–Crippen LogP) is 2.55. The van der Waals surface area contributed by atoms with Crippen LogP contribution in [0.15, 0.2) is 35.3 Å². The lowest BCUT2D eigenvalue weighted by Crippen LogP contribution is -2.25. The third kappa shape index (κ3) is 3.43. The van der Waals surface area contributed by atoms with Gasteiger partial charge < -0.3 is 11.1 Å². The molecule has 0 saturated carbocycles. The lowest BCUT2D eigenvalue weighted by Gasteiger charge is -2.13. The van der Waals surface area contributed by atoms with Crippen LogP contribution in [0.3, 0.4) is 0 Å². The van der Waals surface area contributed by atoms with Crippen molar-refractivity contribution < 1.29 is 0 Å². The zero-order valence-corrected chi connectivity index (χ0v) is 12.9. The minimum Gasteiger partial charge on any atom is -0.378 e. The number of halogens is 1. The zero-order valence-electron chi connectivity index (χ0n) is 12.1. The topological polar surface area (TPSA) is 72.9 Å². The minimum absolute atomic E-state index is 0.0259. The average molecular weight is 307 g/mol. The lowest BCUT2D eigenvalue weighted by molar-refractivity contribution is 0.503. The monoisotopic (exact) mass is 306 g/mol. The molecule has 21 heavy (non-hydrogen) atoms. The van der Waals surface area contributed by atoms with E-state index in [0.29, 0.717) is 18.8 Å². The molecule has 112 valence electrons. The molecule has 0 atom stereocenters. The number of anilines is 1. The molecule has 3 N–H and O–H groups in total. The van der Waals surface area contributed by atoms with Crippen molar-refractivity contribution in [3.05, 3.63) is 57.0 Å². The maximum Gasteiger partial charge on any atom is 0.287 e. The van der Waals surface area contributed by atoms with Crippen LogP contribution in [-0.2, 0) is 13.1 Å². The van der Waals surface area contributed by atoms with E-state index in [1.165, 1.54) is 4.68 Å². The van der Waals surface area contributed by atoms with Gasteiger partial charge in [0.1, 0.15) is 5.02 Å². The van der Waals surface area contributed by atoms with Crippen molar-refractivity contribution in [2.24, 2.45) is 5.73 Å². The van der Waals surface area contributed by atoms with Gasteiger partial charge in [-0.2, -0.15) is 5.10 Å². The fourth-order valence-corrected chi connectivity index (χ4v) is 2.26. The van der Waals surface area contributed by atoms with Gasteiger partial charge in [-0.15, -0.1) is 0 Å². The smallest absolute Gasteiger partial charge is 0.287 e. The summed E-state index contributed by atoms with van der Waals surface area (Å²) >= 11 is 6.12. The molecule has 1 aromatic heterocycles. The van der Waals surface area contributed by atoms with Crippen molar-refractivity contribution >= 4 is 17.3 Å². The molecule has 1 aromatic carbocycles. The Hall–Kier alpha value is -1.85. The maximum absolute atomic E-state index is 12.1. The van der Waals surface area contributed by atoms with Crippen molar-refractivity contribution in [2.45, 2.75) is 33.0 Å². The normalized spacial score (nSPS) is 10.9. The van der Waals surface area contributed by atoms with Crippen molar-refractivity contribution in [3.63, 3.8) is 0 Å². The number of nitrogens with one attached hydrogen (secondary N) is 1. The lowest BCUT2D eigenvalue weighted by atomic mass is 10.1. The Kier molecular flexibility index (Phi) is 4.98. The number of rotatable bonds is 5. The van der Waals surface area contributed by atoms with Gasteiger partial charge in [0.2, 0.25) is 0 Å². The van der Waals surface area contributed by atoms with Gasteiger partial charge in [0.25, 0.3) is 5.56 Å². The Morgan fingerprint density at radius 1 is 1.33 bits per heavy atom. The summed E-state index contributed by atoms with van der Waals surface area (Å²) < 4.78 is 1.36. The highest BCUT2D eigenvalue weighted by atomic mass is 35.5. The van der Waals surface area contributed by atoms with Crippen molar-refractivity contribution in [2.75, 3.05) is 5.32 Å². The first-order valence-corrected chi connectivity index (χ1v) is 7.20. The molecule has 5 nitrogen and oxygen atoms in total. The molecule has 0 fully saturated rings. The van der Waals surface area contributed by atoms with Crippen LogP contribution in [0, 0.1) is 0 Å². The molecule has 2 rings (SSSR count). The third-order valence-corrected chi connectivity index (χ3v) is 3.61. The van der Waals surface area contributed by atoms with Crippen LogP contribution in [0.5, 0.6) is 0 Å². The Morgan fingerprint density at radius 2 is 2.00 bits per heavy atom. The SMILES string of the molecule is CC(C)n1ncc(NCc2ccccc2CN)c(Cl)c1=O. The van der Waals surface area contributed by atoms with E-state index in [0.717, 1.165) is 11.1 Å². The van der Waals surface area contributed by atoms with Crippen LogP contribution in [-0.4, -0.2) is 9.78 Å². The summed E-state index contributed by atoms with van der Waals surface area (Å²) in [6, 6.07) is 7.85. The Bertz CT molecular complexity index is 682. The largest absolute Gasteiger partial charge is 0.378 e. The molecule has 0 aliphatic heterocycles. The zero-order chi connectivity index (χ0) is 15.4. The molecule has 0 spiro atoms. The first-order valence-electron chi connectivity index (χ1n) is 6.82. The van der Waals surface area contributed by atoms with E-state index < -0.39 is 0 Å². The van der Waals surface area contributed by atoms with Crippen LogP contribution >= 0.6 is 11.6 Å². The van der Waals surface area contributed by atoms with Crippen molar-refractivity contribution in [3.8, 4) is 0 Å². The quantitative estimate of drug-likeness (QED) is 0.890. The predicted molar refractivity (Wildman–Crippen MR) is 85.6 cm³/mol. The minimum atomic E-state index is -0.288. The molecule has 0 amide bonds. The summed E-state index contributed by atoms with van der Waals surface area (Å²) in [4.78, 5) is 12.1. The average Bonchev–Trinajstić information content (AvgIpc) is 2.48. The molecule has 0 bridgehead atoms. The van der Waals surface area contributed by atoms with Gasteiger partial charge in [0.15, 0.2) is 0 Å². The fourth-order valence-electron chi connectivity index (χ4n) is 2.06. The molecule has 1 heterocycles. The molecule has 0 unspecified atom stereocenters. The molecule has 0 saturated heterocycles. The highest BCUT2D eigenvalue weighted by Crippen LogP contribution is 2.18. The van der Waals surface area contributed by atoms with Gasteiger partial charge in [-0.1, -0.05) is 35.9 Å². The van der Waals surface area contributed by atoms with E-state index in [2.05, 4.69) is 10.4 Å². The summed E-state index contributed by atoms with van der Waals surface area (Å²) in [5.41, 5.74) is 8.08. The van der Waals surface area contributed by atoms with Crippen molar-refractivity contribution in [1.29, 1.82) is 0 Å². The standard InChI is InChI=1S/C15H19ClN4O/c1-10(2)20-15(21)14(16)13(9-19-20)18-8-12-6-4-3-5-11(12)7-17/h3-6,9-10,18H,7-8,17H2,1-2H3. The third-order valence-electron chi connectivity index (χ3n) is 3.24. The van der Waals surface area contributed by atoms with Gasteiger partial charge in [-0.25, -0.2) is 4.68 Å².